The van der Waals surface area contributed by atoms with Crippen LogP contribution in [0, 0.1) is 5.82 Å². The van der Waals surface area contributed by atoms with Crippen LogP contribution >= 0.6 is 0 Å². The van der Waals surface area contributed by atoms with Crippen LogP contribution in [-0.4, -0.2) is 17.0 Å². The number of hydrogen-bond acceptors (Lipinski definition) is 3. The third kappa shape index (κ3) is 4.73. The van der Waals surface area contributed by atoms with Crippen LogP contribution in [-0.2, 0) is 16.1 Å². The number of hydrogen-bond donors (Lipinski definition) is 2. The number of carboxylic acids is 1. The molecule has 2 aromatic rings. The maximum Gasteiger partial charge on any atom is 0.303 e. The summed E-state index contributed by atoms with van der Waals surface area (Å²) in [6.07, 6.45) is 1.33. The average molecular weight is 305 g/mol. The fraction of sp³-hybridized carbons (Fsp3) is 0.250. The topological polar surface area (TPSA) is 79.5 Å². The predicted octanol–water partition coefficient (Wildman–Crippen LogP) is 2.68. The second kappa shape index (κ2) is 7.40. The first-order chi connectivity index (χ1) is 10.5. The quantitative estimate of drug-likeness (QED) is 0.824. The Labute approximate surface area is 126 Å². The summed E-state index contributed by atoms with van der Waals surface area (Å²) in [7, 11) is 0. The van der Waals surface area contributed by atoms with Crippen molar-refractivity contribution in [2.75, 3.05) is 0 Å². The van der Waals surface area contributed by atoms with Crippen LogP contribution in [0.4, 0.5) is 4.39 Å². The Morgan fingerprint density at radius 1 is 1.18 bits per heavy atom. The second-order valence-corrected chi connectivity index (χ2v) is 4.91. The molecule has 0 spiro atoms. The van der Waals surface area contributed by atoms with Crippen LogP contribution in [0.2, 0.25) is 0 Å². The Morgan fingerprint density at radius 3 is 2.50 bits per heavy atom. The van der Waals surface area contributed by atoms with E-state index in [0.717, 1.165) is 0 Å². The Kier molecular flexibility index (Phi) is 5.30. The third-order valence-electron chi connectivity index (χ3n) is 3.23. The second-order valence-electron chi connectivity index (χ2n) is 4.91. The molecule has 0 saturated carbocycles. The molecule has 1 atom stereocenters. The zero-order chi connectivity index (χ0) is 15.9. The number of furan rings is 1. The van der Waals surface area contributed by atoms with Crippen molar-refractivity contribution in [2.45, 2.75) is 25.3 Å². The molecule has 0 unspecified atom stereocenters. The molecule has 1 aromatic heterocycles. The maximum atomic E-state index is 12.9. The lowest BCUT2D eigenvalue weighted by atomic mass is 9.92. The van der Waals surface area contributed by atoms with Crippen LogP contribution in [0.3, 0.4) is 0 Å². The maximum absolute atomic E-state index is 12.9. The molecule has 1 amide bonds. The first-order valence-corrected chi connectivity index (χ1v) is 6.81. The molecule has 5 nitrogen and oxygen atoms in total. The fourth-order valence-electron chi connectivity index (χ4n) is 2.15. The summed E-state index contributed by atoms with van der Waals surface area (Å²) in [4.78, 5) is 22.9. The smallest absolute Gasteiger partial charge is 0.303 e. The summed E-state index contributed by atoms with van der Waals surface area (Å²) in [6.45, 7) is 0.245. The Hall–Kier alpha value is -2.63. The van der Waals surface area contributed by atoms with Gasteiger partial charge in [-0.25, -0.2) is 4.39 Å². The van der Waals surface area contributed by atoms with Crippen molar-refractivity contribution in [1.82, 2.24) is 5.32 Å². The molecule has 6 heteroatoms. The molecule has 1 heterocycles. The summed E-state index contributed by atoms with van der Waals surface area (Å²) in [6, 6.07) is 8.96. The van der Waals surface area contributed by atoms with Crippen molar-refractivity contribution in [1.29, 1.82) is 0 Å². The van der Waals surface area contributed by atoms with E-state index >= 15 is 0 Å². The van der Waals surface area contributed by atoms with Crippen molar-refractivity contribution in [2.24, 2.45) is 0 Å². The Balaban J connectivity index is 1.98. The van der Waals surface area contributed by atoms with Gasteiger partial charge in [0.2, 0.25) is 5.91 Å². The van der Waals surface area contributed by atoms with E-state index in [2.05, 4.69) is 5.32 Å². The van der Waals surface area contributed by atoms with Gasteiger partial charge in [0, 0.05) is 12.3 Å². The lowest BCUT2D eigenvalue weighted by Crippen LogP contribution is -2.25. The summed E-state index contributed by atoms with van der Waals surface area (Å²) < 4.78 is 18.0. The van der Waals surface area contributed by atoms with E-state index in [4.69, 9.17) is 9.52 Å². The van der Waals surface area contributed by atoms with Gasteiger partial charge in [-0.3, -0.25) is 9.59 Å². The molecule has 2 N–H and O–H groups in total. The summed E-state index contributed by atoms with van der Waals surface area (Å²) in [5.74, 6) is -1.58. The van der Waals surface area contributed by atoms with Gasteiger partial charge in [-0.15, -0.1) is 0 Å². The number of benzene rings is 1. The largest absolute Gasteiger partial charge is 0.481 e. The van der Waals surface area contributed by atoms with Crippen molar-refractivity contribution in [3.05, 3.63) is 59.8 Å². The van der Waals surface area contributed by atoms with Gasteiger partial charge >= 0.3 is 5.97 Å². The molecule has 0 aliphatic heterocycles. The van der Waals surface area contributed by atoms with Gasteiger partial charge < -0.3 is 14.8 Å². The zero-order valence-electron chi connectivity index (χ0n) is 11.8. The van der Waals surface area contributed by atoms with E-state index in [-0.39, 0.29) is 25.3 Å². The van der Waals surface area contributed by atoms with Crippen LogP contribution < -0.4 is 5.32 Å². The highest BCUT2D eigenvalue weighted by Crippen LogP contribution is 2.24. The summed E-state index contributed by atoms with van der Waals surface area (Å²) in [5, 5.41) is 11.6. The van der Waals surface area contributed by atoms with Crippen LogP contribution in [0.15, 0.2) is 47.1 Å². The first-order valence-electron chi connectivity index (χ1n) is 6.81. The van der Waals surface area contributed by atoms with Crippen molar-refractivity contribution in [3.8, 4) is 0 Å². The minimum Gasteiger partial charge on any atom is -0.481 e. The van der Waals surface area contributed by atoms with Gasteiger partial charge in [-0.1, -0.05) is 12.1 Å². The van der Waals surface area contributed by atoms with Gasteiger partial charge in [0.1, 0.15) is 11.6 Å². The molecule has 0 fully saturated rings. The summed E-state index contributed by atoms with van der Waals surface area (Å²) in [5.41, 5.74) is 0.622. The SMILES string of the molecule is O=C(O)C[C@@H](CC(=O)NCc1ccco1)c1ccc(F)cc1. The van der Waals surface area contributed by atoms with Gasteiger partial charge in [0.05, 0.1) is 19.2 Å². The van der Waals surface area contributed by atoms with Crippen molar-refractivity contribution in [3.63, 3.8) is 0 Å². The van der Waals surface area contributed by atoms with Crippen LogP contribution in [0.25, 0.3) is 0 Å². The van der Waals surface area contributed by atoms with Gasteiger partial charge in [0.25, 0.3) is 0 Å². The molecule has 116 valence electrons. The lowest BCUT2D eigenvalue weighted by molar-refractivity contribution is -0.137. The molecular weight excluding hydrogens is 289 g/mol. The predicted molar refractivity (Wildman–Crippen MR) is 76.6 cm³/mol. The van der Waals surface area contributed by atoms with Gasteiger partial charge in [0.15, 0.2) is 0 Å². The molecule has 0 aliphatic carbocycles. The highest BCUT2D eigenvalue weighted by atomic mass is 19.1. The molecule has 22 heavy (non-hydrogen) atoms. The van der Waals surface area contributed by atoms with E-state index < -0.39 is 17.7 Å². The van der Waals surface area contributed by atoms with E-state index in [9.17, 15) is 14.0 Å². The number of carboxylic acid groups (broad SMARTS) is 1. The molecular formula is C16H16FNO4. The van der Waals surface area contributed by atoms with E-state index in [1.54, 1.807) is 12.1 Å². The highest BCUT2D eigenvalue weighted by Gasteiger charge is 2.19. The number of carbonyl (C=O) groups is 2. The summed E-state index contributed by atoms with van der Waals surface area (Å²) >= 11 is 0. The Bertz CT molecular complexity index is 622. The number of carbonyl (C=O) groups excluding carboxylic acids is 1. The zero-order valence-corrected chi connectivity index (χ0v) is 11.8. The molecule has 0 saturated heterocycles. The normalized spacial score (nSPS) is 11.9. The van der Waals surface area contributed by atoms with Crippen LogP contribution in [0.5, 0.6) is 0 Å². The van der Waals surface area contributed by atoms with Crippen molar-refractivity contribution >= 4 is 11.9 Å². The average Bonchev–Trinajstić information content (AvgIpc) is 2.98. The fourth-order valence-corrected chi connectivity index (χ4v) is 2.15. The minimum absolute atomic E-state index is 0.0125. The van der Waals surface area contributed by atoms with Gasteiger partial charge in [-0.05, 0) is 29.8 Å². The standard InChI is InChI=1S/C16H16FNO4/c17-13-5-3-11(4-6-13)12(9-16(20)21)8-15(19)18-10-14-2-1-7-22-14/h1-7,12H,8-10H2,(H,18,19)(H,20,21)/t12-/m1/s1. The van der Waals surface area contributed by atoms with E-state index in [1.165, 1.54) is 30.5 Å². The lowest BCUT2D eigenvalue weighted by Gasteiger charge is -2.15. The monoisotopic (exact) mass is 305 g/mol. The first kappa shape index (κ1) is 15.8. The highest BCUT2D eigenvalue weighted by molar-refractivity contribution is 5.78. The number of rotatable bonds is 7. The minimum atomic E-state index is -1.01. The molecule has 0 radical (unpaired) electrons. The number of nitrogens with one attached hydrogen (secondary N) is 1. The molecule has 1 aromatic carbocycles. The number of amides is 1. The molecule has 0 aliphatic rings. The van der Waals surface area contributed by atoms with Crippen molar-refractivity contribution < 1.29 is 23.5 Å². The third-order valence-corrected chi connectivity index (χ3v) is 3.23. The number of halogens is 1. The van der Waals surface area contributed by atoms with E-state index in [0.29, 0.717) is 11.3 Å². The van der Waals surface area contributed by atoms with Crippen LogP contribution in [0.1, 0.15) is 30.1 Å². The molecule has 2 rings (SSSR count). The van der Waals surface area contributed by atoms with E-state index in [1.807, 2.05) is 0 Å². The Morgan fingerprint density at radius 2 is 1.91 bits per heavy atom. The molecule has 0 bridgehead atoms. The van der Waals surface area contributed by atoms with Gasteiger partial charge in [-0.2, -0.15) is 0 Å². The number of aliphatic carboxylic acids is 1.